The summed E-state index contributed by atoms with van der Waals surface area (Å²) in [5.74, 6) is 1.13. The van der Waals surface area contributed by atoms with E-state index in [0.717, 1.165) is 11.3 Å². The largest absolute Gasteiger partial charge is 0.438 e. The first kappa shape index (κ1) is 10.4. The Kier molecular flexibility index (Phi) is 2.72. The molecule has 16 heavy (non-hydrogen) atoms. The molecule has 4 nitrogen and oxygen atoms in total. The number of hydrogen-bond donors (Lipinski definition) is 0. The van der Waals surface area contributed by atoms with Crippen molar-refractivity contribution in [1.82, 2.24) is 15.9 Å². The fraction of sp³-hybridized carbons (Fsp3) is 0.167. The number of aromatic nitrogens is 2. The van der Waals surface area contributed by atoms with Gasteiger partial charge in [0.15, 0.2) is 0 Å². The Morgan fingerprint density at radius 3 is 2.50 bits per heavy atom. The SMILES string of the molecule is Cc1ccc(Oc2ccc([NH])c(C)c2)nn1. The van der Waals surface area contributed by atoms with Crippen LogP contribution in [0.15, 0.2) is 30.3 Å². The fourth-order valence-corrected chi connectivity index (χ4v) is 1.26. The molecular formula is C12H12N3O. The van der Waals surface area contributed by atoms with Gasteiger partial charge < -0.3 is 10.5 Å². The summed E-state index contributed by atoms with van der Waals surface area (Å²) in [5.41, 5.74) is 9.77. The first-order valence-electron chi connectivity index (χ1n) is 4.95. The van der Waals surface area contributed by atoms with E-state index in [0.29, 0.717) is 17.3 Å². The van der Waals surface area contributed by atoms with E-state index in [1.807, 2.05) is 26.0 Å². The van der Waals surface area contributed by atoms with Gasteiger partial charge in [-0.1, -0.05) is 0 Å². The Bertz CT molecular complexity index is 494. The molecule has 0 aliphatic rings. The van der Waals surface area contributed by atoms with Crippen LogP contribution in [0, 0.1) is 13.8 Å². The van der Waals surface area contributed by atoms with Gasteiger partial charge in [-0.15, -0.1) is 5.10 Å². The van der Waals surface area contributed by atoms with Gasteiger partial charge in [-0.05, 0) is 43.7 Å². The van der Waals surface area contributed by atoms with Crippen LogP contribution in [0.5, 0.6) is 11.6 Å². The lowest BCUT2D eigenvalue weighted by atomic mass is 10.2. The van der Waals surface area contributed by atoms with Crippen molar-refractivity contribution in [2.75, 3.05) is 0 Å². The zero-order valence-electron chi connectivity index (χ0n) is 9.19. The Hall–Kier alpha value is -2.10. The molecule has 2 aromatic rings. The van der Waals surface area contributed by atoms with Crippen LogP contribution >= 0.6 is 0 Å². The zero-order chi connectivity index (χ0) is 11.5. The van der Waals surface area contributed by atoms with Crippen molar-refractivity contribution in [3.05, 3.63) is 41.6 Å². The Labute approximate surface area is 94.1 Å². The van der Waals surface area contributed by atoms with Gasteiger partial charge in [0.25, 0.3) is 0 Å². The summed E-state index contributed by atoms with van der Waals surface area (Å²) in [5, 5.41) is 7.81. The molecule has 0 amide bonds. The van der Waals surface area contributed by atoms with Crippen LogP contribution in [0.25, 0.3) is 0 Å². The average Bonchev–Trinajstić information content (AvgIpc) is 2.27. The monoisotopic (exact) mass is 214 g/mol. The molecular weight excluding hydrogens is 202 g/mol. The van der Waals surface area contributed by atoms with Crippen molar-refractivity contribution < 1.29 is 4.74 Å². The Balaban J connectivity index is 2.20. The summed E-state index contributed by atoms with van der Waals surface area (Å²) < 4.78 is 5.51. The van der Waals surface area contributed by atoms with Crippen LogP contribution in [0.4, 0.5) is 5.69 Å². The van der Waals surface area contributed by atoms with Crippen LogP contribution in [-0.4, -0.2) is 10.2 Å². The van der Waals surface area contributed by atoms with E-state index in [1.165, 1.54) is 0 Å². The Morgan fingerprint density at radius 2 is 1.88 bits per heavy atom. The molecule has 4 heteroatoms. The van der Waals surface area contributed by atoms with E-state index < -0.39 is 0 Å². The summed E-state index contributed by atoms with van der Waals surface area (Å²) in [6, 6.07) is 8.87. The van der Waals surface area contributed by atoms with Gasteiger partial charge in [0.05, 0.1) is 11.4 Å². The molecule has 81 valence electrons. The molecule has 0 aliphatic heterocycles. The average molecular weight is 214 g/mol. The highest BCUT2D eigenvalue weighted by Crippen LogP contribution is 2.23. The number of rotatable bonds is 2. The molecule has 1 heterocycles. The highest BCUT2D eigenvalue weighted by atomic mass is 16.5. The van der Waals surface area contributed by atoms with Gasteiger partial charge in [-0.3, -0.25) is 0 Å². The number of aryl methyl sites for hydroxylation is 2. The number of hydrogen-bond acceptors (Lipinski definition) is 3. The van der Waals surface area contributed by atoms with Crippen LogP contribution in [0.2, 0.25) is 0 Å². The van der Waals surface area contributed by atoms with Crippen molar-refractivity contribution in [3.8, 4) is 11.6 Å². The molecule has 0 fully saturated rings. The molecule has 0 saturated carbocycles. The smallest absolute Gasteiger partial charge is 0.238 e. The van der Waals surface area contributed by atoms with Gasteiger partial charge in [-0.2, -0.15) is 5.10 Å². The number of nitrogens with zero attached hydrogens (tertiary/aromatic N) is 2. The zero-order valence-corrected chi connectivity index (χ0v) is 9.19. The number of ether oxygens (including phenoxy) is 1. The topological polar surface area (TPSA) is 58.8 Å². The van der Waals surface area contributed by atoms with Gasteiger partial charge in [0.2, 0.25) is 5.88 Å². The number of nitrogens with one attached hydrogen (secondary N) is 1. The third kappa shape index (κ3) is 2.28. The predicted molar refractivity (Wildman–Crippen MR) is 60.8 cm³/mol. The summed E-state index contributed by atoms with van der Waals surface area (Å²) >= 11 is 0. The van der Waals surface area contributed by atoms with Crippen molar-refractivity contribution >= 4 is 5.69 Å². The van der Waals surface area contributed by atoms with Crippen LogP contribution in [0.3, 0.4) is 0 Å². The second-order valence-corrected chi connectivity index (χ2v) is 3.59. The Morgan fingerprint density at radius 1 is 1.06 bits per heavy atom. The highest BCUT2D eigenvalue weighted by Gasteiger charge is 2.01. The minimum absolute atomic E-state index is 0.461. The molecule has 0 aliphatic carbocycles. The molecule has 0 atom stereocenters. The highest BCUT2D eigenvalue weighted by molar-refractivity contribution is 5.47. The summed E-state index contributed by atoms with van der Waals surface area (Å²) in [6.07, 6.45) is 0. The van der Waals surface area contributed by atoms with E-state index in [2.05, 4.69) is 10.2 Å². The third-order valence-electron chi connectivity index (χ3n) is 2.19. The van der Waals surface area contributed by atoms with Crippen molar-refractivity contribution in [1.29, 1.82) is 0 Å². The van der Waals surface area contributed by atoms with E-state index in [-0.39, 0.29) is 0 Å². The minimum Gasteiger partial charge on any atom is -0.438 e. The lowest BCUT2D eigenvalue weighted by molar-refractivity contribution is 0.454. The van der Waals surface area contributed by atoms with Crippen molar-refractivity contribution in [3.63, 3.8) is 0 Å². The van der Waals surface area contributed by atoms with Gasteiger partial charge in [-0.25, -0.2) is 0 Å². The minimum atomic E-state index is 0.461. The molecule has 1 aromatic carbocycles. The summed E-state index contributed by atoms with van der Waals surface area (Å²) in [6.45, 7) is 3.74. The summed E-state index contributed by atoms with van der Waals surface area (Å²) in [4.78, 5) is 0. The van der Waals surface area contributed by atoms with Gasteiger partial charge >= 0.3 is 0 Å². The second-order valence-electron chi connectivity index (χ2n) is 3.59. The summed E-state index contributed by atoms with van der Waals surface area (Å²) in [7, 11) is 0. The molecule has 1 N–H and O–H groups in total. The van der Waals surface area contributed by atoms with Crippen LogP contribution in [0.1, 0.15) is 11.3 Å². The quantitative estimate of drug-likeness (QED) is 0.772. The molecule has 0 spiro atoms. The van der Waals surface area contributed by atoms with E-state index in [4.69, 9.17) is 10.5 Å². The first-order valence-corrected chi connectivity index (χ1v) is 4.95. The molecule has 0 bridgehead atoms. The first-order chi connectivity index (χ1) is 7.65. The predicted octanol–water partition coefficient (Wildman–Crippen LogP) is 2.80. The maximum atomic E-state index is 7.54. The molecule has 1 radical (unpaired) electrons. The van der Waals surface area contributed by atoms with Crippen LogP contribution < -0.4 is 10.5 Å². The molecule has 0 unspecified atom stereocenters. The standard InChI is InChI=1S/C12H12N3O/c1-8-7-10(4-5-11(8)13)16-12-6-3-9(2)14-15-12/h3-7,13H,1-2H3. The van der Waals surface area contributed by atoms with E-state index >= 15 is 0 Å². The van der Waals surface area contributed by atoms with Crippen molar-refractivity contribution in [2.45, 2.75) is 13.8 Å². The van der Waals surface area contributed by atoms with Gasteiger partial charge in [0.1, 0.15) is 5.75 Å². The lowest BCUT2D eigenvalue weighted by Gasteiger charge is -2.05. The van der Waals surface area contributed by atoms with Gasteiger partial charge in [0, 0.05) is 6.07 Å². The lowest BCUT2D eigenvalue weighted by Crippen LogP contribution is -1.92. The molecule has 0 saturated heterocycles. The third-order valence-corrected chi connectivity index (χ3v) is 2.19. The number of benzene rings is 1. The normalized spacial score (nSPS) is 10.1. The second kappa shape index (κ2) is 4.18. The maximum Gasteiger partial charge on any atom is 0.238 e. The van der Waals surface area contributed by atoms with Crippen LogP contribution in [-0.2, 0) is 0 Å². The maximum absolute atomic E-state index is 7.54. The molecule has 2 rings (SSSR count). The van der Waals surface area contributed by atoms with E-state index in [9.17, 15) is 0 Å². The fourth-order valence-electron chi connectivity index (χ4n) is 1.26. The van der Waals surface area contributed by atoms with E-state index in [1.54, 1.807) is 18.2 Å². The van der Waals surface area contributed by atoms with Crippen molar-refractivity contribution in [2.24, 2.45) is 0 Å². The molecule has 1 aromatic heterocycles.